The van der Waals surface area contributed by atoms with Gasteiger partial charge >= 0.3 is 0 Å². The van der Waals surface area contributed by atoms with Crippen molar-refractivity contribution in [3.8, 4) is 11.8 Å². The Bertz CT molecular complexity index is 693. The number of aromatic nitrogens is 4. The largest absolute Gasteiger partial charge is 0.488 e. The first-order chi connectivity index (χ1) is 10.2. The smallest absolute Gasteiger partial charge is 0.216 e. The second-order valence-electron chi connectivity index (χ2n) is 3.72. The van der Waals surface area contributed by atoms with Gasteiger partial charge in [0.1, 0.15) is 11.6 Å². The lowest BCUT2D eigenvalue weighted by molar-refractivity contribution is 0.303. The van der Waals surface area contributed by atoms with Crippen LogP contribution in [-0.2, 0) is 0 Å². The van der Waals surface area contributed by atoms with Gasteiger partial charge < -0.3 is 10.1 Å². The molecule has 0 bridgehead atoms. The van der Waals surface area contributed by atoms with Crippen LogP contribution >= 0.6 is 0 Å². The number of benzene rings is 1. The minimum Gasteiger partial charge on any atom is -0.488 e. The molecular weight excluding hydrogens is 282 g/mol. The first-order valence-corrected chi connectivity index (χ1v) is 5.88. The van der Waals surface area contributed by atoms with Crippen LogP contribution in [0.4, 0.5) is 14.5 Å². The molecule has 2 aromatic rings. The monoisotopic (exact) mass is 292 g/mol. The Morgan fingerprint density at radius 3 is 2.95 bits per heavy atom. The fourth-order valence-corrected chi connectivity index (χ4v) is 1.49. The summed E-state index contributed by atoms with van der Waals surface area (Å²) in [5.41, 5.74) is -0.0125. The van der Waals surface area contributed by atoms with Crippen molar-refractivity contribution in [3.63, 3.8) is 0 Å². The summed E-state index contributed by atoms with van der Waals surface area (Å²) < 4.78 is 32.3. The van der Waals surface area contributed by atoms with Crippen LogP contribution in [0.3, 0.4) is 0 Å². The molecule has 0 radical (unpaired) electrons. The Kier molecular flexibility index (Phi) is 4.40. The molecule has 0 saturated heterocycles. The van der Waals surface area contributed by atoms with Crippen LogP contribution in [0.1, 0.15) is 12.7 Å². The summed E-state index contributed by atoms with van der Waals surface area (Å²) in [5.74, 6) is -2.12. The highest BCUT2D eigenvalue weighted by atomic mass is 19.1. The fourth-order valence-electron chi connectivity index (χ4n) is 1.49. The zero-order valence-electron chi connectivity index (χ0n) is 10.9. The van der Waals surface area contributed by atoms with Crippen LogP contribution in [0.15, 0.2) is 18.3 Å². The van der Waals surface area contributed by atoms with Crippen molar-refractivity contribution in [2.45, 2.75) is 6.92 Å². The molecule has 1 heterocycles. The number of nitrogens with one attached hydrogen (secondary N) is 2. The van der Waals surface area contributed by atoms with Crippen molar-refractivity contribution in [2.75, 3.05) is 11.9 Å². The molecule has 0 aliphatic heterocycles. The van der Waals surface area contributed by atoms with E-state index in [9.17, 15) is 8.78 Å². The summed E-state index contributed by atoms with van der Waals surface area (Å²) in [6.45, 7) is 1.74. The van der Waals surface area contributed by atoms with E-state index in [1.807, 2.05) is 6.07 Å². The number of ether oxygens (including phenoxy) is 1. The third kappa shape index (κ3) is 3.11. The number of allylic oxidation sites excluding steroid dienone is 1. The van der Waals surface area contributed by atoms with E-state index in [4.69, 9.17) is 10.00 Å². The van der Waals surface area contributed by atoms with Gasteiger partial charge in [-0.2, -0.15) is 10.5 Å². The second kappa shape index (κ2) is 6.42. The van der Waals surface area contributed by atoms with Crippen LogP contribution in [0.25, 0.3) is 5.57 Å². The van der Waals surface area contributed by atoms with Gasteiger partial charge in [-0.3, -0.25) is 0 Å². The van der Waals surface area contributed by atoms with Crippen molar-refractivity contribution < 1.29 is 13.5 Å². The molecule has 0 aliphatic rings. The molecular formula is C12H10F2N6O. The number of rotatable bonds is 5. The first-order valence-electron chi connectivity index (χ1n) is 5.88. The molecule has 0 unspecified atom stereocenters. The van der Waals surface area contributed by atoms with E-state index in [0.29, 0.717) is 0 Å². The van der Waals surface area contributed by atoms with E-state index < -0.39 is 17.4 Å². The molecule has 21 heavy (non-hydrogen) atoms. The number of tetrazole rings is 1. The number of nitriles is 1. The molecule has 0 aliphatic carbocycles. The van der Waals surface area contributed by atoms with Gasteiger partial charge in [-0.05, 0) is 24.3 Å². The van der Waals surface area contributed by atoms with Crippen LogP contribution in [0, 0.1) is 23.0 Å². The third-order valence-corrected chi connectivity index (χ3v) is 2.42. The van der Waals surface area contributed by atoms with Crippen molar-refractivity contribution in [3.05, 3.63) is 35.8 Å². The van der Waals surface area contributed by atoms with Crippen LogP contribution in [0.5, 0.6) is 5.75 Å². The highest BCUT2D eigenvalue weighted by Crippen LogP contribution is 2.28. The molecule has 9 heteroatoms. The van der Waals surface area contributed by atoms with Crippen molar-refractivity contribution in [1.29, 1.82) is 5.26 Å². The summed E-state index contributed by atoms with van der Waals surface area (Å²) >= 11 is 0. The van der Waals surface area contributed by atoms with Gasteiger partial charge in [0, 0.05) is 6.20 Å². The van der Waals surface area contributed by atoms with Crippen molar-refractivity contribution >= 4 is 11.3 Å². The number of H-pyrrole nitrogens is 1. The number of aromatic amines is 1. The molecule has 1 aromatic carbocycles. The number of anilines is 1. The fraction of sp³-hybridized carbons (Fsp3) is 0.167. The maximum atomic E-state index is 14.0. The molecule has 0 saturated carbocycles. The standard InChI is InChI=1S/C12H10F2N6O/c1-2-21-11-8(13)3-4-9(10(11)14)16-6-7(5-15)12-17-19-20-18-12/h3-4,6,16H,2H2,1H3,(H,17,18,19,20). The lowest BCUT2D eigenvalue weighted by Crippen LogP contribution is -2.02. The Balaban J connectivity index is 2.28. The number of halogens is 2. The van der Waals surface area contributed by atoms with Crippen LogP contribution in [0.2, 0.25) is 0 Å². The van der Waals surface area contributed by atoms with E-state index >= 15 is 0 Å². The van der Waals surface area contributed by atoms with Gasteiger partial charge in [0.05, 0.1) is 12.3 Å². The second-order valence-corrected chi connectivity index (χ2v) is 3.72. The molecule has 7 nitrogen and oxygen atoms in total. The average molecular weight is 292 g/mol. The molecule has 0 fully saturated rings. The zero-order chi connectivity index (χ0) is 15.2. The van der Waals surface area contributed by atoms with Crippen molar-refractivity contribution in [1.82, 2.24) is 20.6 Å². The Morgan fingerprint density at radius 1 is 1.52 bits per heavy atom. The topological polar surface area (TPSA) is 99.5 Å². The molecule has 0 atom stereocenters. The van der Waals surface area contributed by atoms with Gasteiger partial charge in [0.2, 0.25) is 5.82 Å². The molecule has 0 amide bonds. The third-order valence-electron chi connectivity index (χ3n) is 2.42. The molecule has 2 N–H and O–H groups in total. The highest BCUT2D eigenvalue weighted by molar-refractivity contribution is 5.74. The van der Waals surface area contributed by atoms with E-state index in [1.165, 1.54) is 12.3 Å². The predicted octanol–water partition coefficient (Wildman–Crippen LogP) is 1.85. The lowest BCUT2D eigenvalue weighted by atomic mass is 10.2. The predicted molar refractivity (Wildman–Crippen MR) is 68.9 cm³/mol. The Labute approximate surface area is 118 Å². The average Bonchev–Trinajstić information content (AvgIpc) is 3.00. The molecule has 0 spiro atoms. The SMILES string of the molecule is CCOc1c(F)ccc(NC=C(C#N)c2nn[nH]n2)c1F. The molecule has 2 rings (SSSR count). The molecule has 1 aromatic heterocycles. The van der Waals surface area contributed by atoms with Gasteiger partial charge in [0.15, 0.2) is 17.4 Å². The van der Waals surface area contributed by atoms with Gasteiger partial charge in [0.25, 0.3) is 0 Å². The number of nitrogens with zero attached hydrogens (tertiary/aromatic N) is 4. The summed E-state index contributed by atoms with van der Waals surface area (Å²) in [6.07, 6.45) is 1.19. The normalized spacial score (nSPS) is 11.0. The summed E-state index contributed by atoms with van der Waals surface area (Å²) in [4.78, 5) is 0. The maximum absolute atomic E-state index is 14.0. The summed E-state index contributed by atoms with van der Waals surface area (Å²) in [5, 5.41) is 24.3. The van der Waals surface area contributed by atoms with Crippen LogP contribution < -0.4 is 10.1 Å². The van der Waals surface area contributed by atoms with E-state index in [2.05, 4.69) is 25.9 Å². The zero-order valence-corrected chi connectivity index (χ0v) is 10.9. The molecule has 108 valence electrons. The van der Waals surface area contributed by atoms with E-state index in [0.717, 1.165) is 6.07 Å². The summed E-state index contributed by atoms with van der Waals surface area (Å²) in [7, 11) is 0. The van der Waals surface area contributed by atoms with Gasteiger partial charge in [-0.25, -0.2) is 8.78 Å². The minimum atomic E-state index is -0.890. The minimum absolute atomic E-state index is 0.0328. The van der Waals surface area contributed by atoms with Gasteiger partial charge in [-0.1, -0.05) is 0 Å². The maximum Gasteiger partial charge on any atom is 0.216 e. The van der Waals surface area contributed by atoms with Gasteiger partial charge in [-0.15, -0.1) is 10.2 Å². The highest BCUT2D eigenvalue weighted by Gasteiger charge is 2.14. The first kappa shape index (κ1) is 14.4. The van der Waals surface area contributed by atoms with Crippen molar-refractivity contribution in [2.24, 2.45) is 0 Å². The lowest BCUT2D eigenvalue weighted by Gasteiger charge is -2.09. The van der Waals surface area contributed by atoms with E-state index in [-0.39, 0.29) is 23.7 Å². The van der Waals surface area contributed by atoms with Crippen LogP contribution in [-0.4, -0.2) is 27.2 Å². The Hall–Kier alpha value is -3.02. The number of hydrogen-bond donors (Lipinski definition) is 2. The number of hydrogen-bond acceptors (Lipinski definition) is 6. The Morgan fingerprint density at radius 2 is 2.33 bits per heavy atom. The van der Waals surface area contributed by atoms with E-state index in [1.54, 1.807) is 6.92 Å². The quantitative estimate of drug-likeness (QED) is 0.816. The summed E-state index contributed by atoms with van der Waals surface area (Å²) in [6, 6.07) is 4.08.